The zero-order valence-corrected chi connectivity index (χ0v) is 10.2. The molecule has 0 amide bonds. The van der Waals surface area contributed by atoms with Crippen molar-refractivity contribution in [2.75, 3.05) is 11.5 Å². The molecule has 1 aromatic heterocycles. The number of nitrogens with one attached hydrogen (secondary N) is 1. The van der Waals surface area contributed by atoms with Crippen LogP contribution >= 0.6 is 11.3 Å². The molecule has 0 saturated carbocycles. The lowest BCUT2D eigenvalue weighted by molar-refractivity contribution is 0.395. The Hall–Kier alpha value is -0.460. The first-order chi connectivity index (χ1) is 6.99. The molecule has 1 aliphatic rings. The molecule has 1 fully saturated rings. The largest absolute Gasteiger partial charge is 0.304 e. The van der Waals surface area contributed by atoms with Crippen molar-refractivity contribution >= 4 is 21.2 Å². The van der Waals surface area contributed by atoms with Crippen LogP contribution in [0.1, 0.15) is 18.4 Å². The molecule has 15 heavy (non-hydrogen) atoms. The third-order valence-corrected chi connectivity index (χ3v) is 5.34. The van der Waals surface area contributed by atoms with E-state index in [9.17, 15) is 8.42 Å². The van der Waals surface area contributed by atoms with E-state index in [0.717, 1.165) is 5.01 Å². The van der Waals surface area contributed by atoms with E-state index < -0.39 is 9.84 Å². The summed E-state index contributed by atoms with van der Waals surface area (Å²) in [4.78, 5) is 4.15. The molecule has 0 aromatic carbocycles. The van der Waals surface area contributed by atoms with Crippen LogP contribution in [-0.4, -0.2) is 30.4 Å². The van der Waals surface area contributed by atoms with E-state index in [1.54, 1.807) is 17.5 Å². The zero-order chi connectivity index (χ0) is 10.9. The SMILES string of the molecule is CC1(NCc2nccs2)CCS(=O)(=O)C1. The maximum Gasteiger partial charge on any atom is 0.152 e. The second-order valence-electron chi connectivity index (χ2n) is 4.18. The highest BCUT2D eigenvalue weighted by atomic mass is 32.2. The van der Waals surface area contributed by atoms with Crippen molar-refractivity contribution in [3.05, 3.63) is 16.6 Å². The minimum atomic E-state index is -2.82. The molecule has 1 atom stereocenters. The molecule has 4 nitrogen and oxygen atoms in total. The Morgan fingerprint density at radius 2 is 2.47 bits per heavy atom. The molecule has 1 aliphatic heterocycles. The van der Waals surface area contributed by atoms with Gasteiger partial charge in [0.2, 0.25) is 0 Å². The van der Waals surface area contributed by atoms with E-state index in [-0.39, 0.29) is 11.3 Å². The van der Waals surface area contributed by atoms with Crippen molar-refractivity contribution in [1.82, 2.24) is 10.3 Å². The lowest BCUT2D eigenvalue weighted by Crippen LogP contribution is -2.42. The van der Waals surface area contributed by atoms with Gasteiger partial charge in [-0.1, -0.05) is 0 Å². The molecule has 1 aromatic rings. The lowest BCUT2D eigenvalue weighted by Gasteiger charge is -2.23. The first-order valence-corrected chi connectivity index (χ1v) is 7.53. The van der Waals surface area contributed by atoms with Gasteiger partial charge in [0.05, 0.1) is 11.5 Å². The fraction of sp³-hybridized carbons (Fsp3) is 0.667. The molecule has 84 valence electrons. The Balaban J connectivity index is 1.95. The standard InChI is InChI=1S/C9H14N2O2S2/c1-9(2-5-15(12,13)7-9)11-6-8-10-3-4-14-8/h3-4,11H,2,5-7H2,1H3. The molecule has 6 heteroatoms. The Kier molecular flexibility index (Phi) is 2.83. The smallest absolute Gasteiger partial charge is 0.152 e. The van der Waals surface area contributed by atoms with Crippen molar-refractivity contribution < 1.29 is 8.42 Å². The van der Waals surface area contributed by atoms with E-state index in [2.05, 4.69) is 10.3 Å². The molecule has 0 aliphatic carbocycles. The quantitative estimate of drug-likeness (QED) is 0.857. The highest BCUT2D eigenvalue weighted by molar-refractivity contribution is 7.91. The van der Waals surface area contributed by atoms with Gasteiger partial charge in [0, 0.05) is 23.7 Å². The second-order valence-corrected chi connectivity index (χ2v) is 7.35. The number of hydrogen-bond acceptors (Lipinski definition) is 5. The van der Waals surface area contributed by atoms with E-state index in [1.807, 2.05) is 12.3 Å². The number of hydrogen-bond donors (Lipinski definition) is 1. The highest BCUT2D eigenvalue weighted by Gasteiger charge is 2.37. The minimum absolute atomic E-state index is 0.241. The van der Waals surface area contributed by atoms with E-state index >= 15 is 0 Å². The predicted molar refractivity (Wildman–Crippen MR) is 60.6 cm³/mol. The predicted octanol–water partition coefficient (Wildman–Crippen LogP) is 0.810. The third-order valence-electron chi connectivity index (χ3n) is 2.65. The van der Waals surface area contributed by atoms with Crippen LogP contribution in [0.3, 0.4) is 0 Å². The van der Waals surface area contributed by atoms with Gasteiger partial charge in [-0.2, -0.15) is 0 Å². The van der Waals surface area contributed by atoms with Crippen LogP contribution in [0.5, 0.6) is 0 Å². The average Bonchev–Trinajstić information content (AvgIpc) is 2.71. The van der Waals surface area contributed by atoms with Gasteiger partial charge in [0.15, 0.2) is 9.84 Å². The number of aromatic nitrogens is 1. The van der Waals surface area contributed by atoms with Crippen molar-refractivity contribution in [3.8, 4) is 0 Å². The Morgan fingerprint density at radius 1 is 1.67 bits per heavy atom. The zero-order valence-electron chi connectivity index (χ0n) is 8.56. The molecule has 0 bridgehead atoms. The van der Waals surface area contributed by atoms with Crippen LogP contribution < -0.4 is 5.32 Å². The Bertz CT molecular complexity index is 427. The number of thiazole rings is 1. The molecule has 1 saturated heterocycles. The van der Waals surface area contributed by atoms with Crippen molar-refractivity contribution in [2.24, 2.45) is 0 Å². The maximum atomic E-state index is 11.4. The van der Waals surface area contributed by atoms with Crippen molar-refractivity contribution in [3.63, 3.8) is 0 Å². The molecule has 2 rings (SSSR count). The van der Waals surface area contributed by atoms with Crippen LogP contribution in [-0.2, 0) is 16.4 Å². The van der Waals surface area contributed by atoms with Crippen LogP contribution in [0.25, 0.3) is 0 Å². The molecule has 0 radical (unpaired) electrons. The topological polar surface area (TPSA) is 59.1 Å². The summed E-state index contributed by atoms with van der Waals surface area (Å²) in [6.45, 7) is 2.62. The fourth-order valence-corrected chi connectivity index (χ4v) is 4.46. The van der Waals surface area contributed by atoms with E-state index in [1.165, 1.54) is 0 Å². The fourth-order valence-electron chi connectivity index (χ4n) is 1.78. The summed E-state index contributed by atoms with van der Waals surface area (Å²) in [5, 5.41) is 6.21. The lowest BCUT2D eigenvalue weighted by atomic mass is 10.0. The summed E-state index contributed by atoms with van der Waals surface area (Å²) >= 11 is 1.58. The summed E-state index contributed by atoms with van der Waals surface area (Å²) in [7, 11) is -2.82. The van der Waals surface area contributed by atoms with E-state index in [4.69, 9.17) is 0 Å². The first-order valence-electron chi connectivity index (χ1n) is 4.83. The minimum Gasteiger partial charge on any atom is -0.304 e. The monoisotopic (exact) mass is 246 g/mol. The van der Waals surface area contributed by atoms with E-state index in [0.29, 0.717) is 18.7 Å². The number of nitrogens with zero attached hydrogens (tertiary/aromatic N) is 1. The maximum absolute atomic E-state index is 11.4. The average molecular weight is 246 g/mol. The molecular weight excluding hydrogens is 232 g/mol. The number of sulfone groups is 1. The summed E-state index contributed by atoms with van der Waals surface area (Å²) in [5.41, 5.74) is -0.273. The normalized spacial score (nSPS) is 29.4. The second kappa shape index (κ2) is 3.84. The van der Waals surface area contributed by atoms with Gasteiger partial charge in [0.1, 0.15) is 5.01 Å². The summed E-state index contributed by atoms with van der Waals surface area (Å²) in [6.07, 6.45) is 2.45. The van der Waals surface area contributed by atoms with Gasteiger partial charge in [0.25, 0.3) is 0 Å². The summed E-state index contributed by atoms with van der Waals surface area (Å²) in [5.74, 6) is 0.541. The van der Waals surface area contributed by atoms with Gasteiger partial charge in [-0.15, -0.1) is 11.3 Å². The number of rotatable bonds is 3. The summed E-state index contributed by atoms with van der Waals surface area (Å²) in [6, 6.07) is 0. The molecular formula is C9H14N2O2S2. The molecule has 0 spiro atoms. The molecule has 1 N–H and O–H groups in total. The Labute approximate surface area is 93.7 Å². The molecule has 1 unspecified atom stereocenters. The van der Waals surface area contributed by atoms with Crippen molar-refractivity contribution in [1.29, 1.82) is 0 Å². The van der Waals surface area contributed by atoms with Crippen LogP contribution in [0, 0.1) is 0 Å². The molecule has 2 heterocycles. The first kappa shape index (κ1) is 11.0. The van der Waals surface area contributed by atoms with Crippen molar-refractivity contribution in [2.45, 2.75) is 25.4 Å². The van der Waals surface area contributed by atoms with Crippen LogP contribution in [0.15, 0.2) is 11.6 Å². The van der Waals surface area contributed by atoms with Gasteiger partial charge < -0.3 is 5.32 Å². The highest BCUT2D eigenvalue weighted by Crippen LogP contribution is 2.23. The Morgan fingerprint density at radius 3 is 3.00 bits per heavy atom. The van der Waals surface area contributed by atoms with Crippen LogP contribution in [0.4, 0.5) is 0 Å². The van der Waals surface area contributed by atoms with Gasteiger partial charge in [-0.25, -0.2) is 13.4 Å². The van der Waals surface area contributed by atoms with Crippen LogP contribution in [0.2, 0.25) is 0 Å². The van der Waals surface area contributed by atoms with Gasteiger partial charge in [-0.05, 0) is 13.3 Å². The van der Waals surface area contributed by atoms with Gasteiger partial charge >= 0.3 is 0 Å². The summed E-state index contributed by atoms with van der Waals surface area (Å²) < 4.78 is 22.7. The van der Waals surface area contributed by atoms with Gasteiger partial charge in [-0.3, -0.25) is 0 Å². The third kappa shape index (κ3) is 2.76.